The van der Waals surface area contributed by atoms with E-state index in [1.54, 1.807) is 19.1 Å². The van der Waals surface area contributed by atoms with Crippen LogP contribution >= 0.6 is 0 Å². The zero-order valence-electron chi connectivity index (χ0n) is 18.4. The summed E-state index contributed by atoms with van der Waals surface area (Å²) in [4.78, 5) is 25.2. The monoisotopic (exact) mass is 435 g/mol. The lowest BCUT2D eigenvalue weighted by Crippen LogP contribution is -2.30. The number of ether oxygens (including phenoxy) is 1. The van der Waals surface area contributed by atoms with Crippen molar-refractivity contribution in [2.75, 3.05) is 19.4 Å². The number of hydrogen-bond acceptors (Lipinski definition) is 5. The molecule has 8 nitrogen and oxygen atoms in total. The summed E-state index contributed by atoms with van der Waals surface area (Å²) in [6.07, 6.45) is -1.06. The summed E-state index contributed by atoms with van der Waals surface area (Å²) >= 11 is 0. The van der Waals surface area contributed by atoms with E-state index in [0.29, 0.717) is 16.8 Å². The molecule has 0 saturated carbocycles. The highest BCUT2D eigenvalue weighted by Crippen LogP contribution is 2.23. The molecule has 2 rings (SSSR count). The molecule has 1 heterocycles. The number of amides is 1. The summed E-state index contributed by atoms with van der Waals surface area (Å²) in [5.41, 5.74) is 3.17. The van der Waals surface area contributed by atoms with E-state index in [1.807, 2.05) is 25.3 Å². The van der Waals surface area contributed by atoms with Gasteiger partial charge in [-0.2, -0.15) is 0 Å². The second-order valence-corrected chi connectivity index (χ2v) is 9.48. The fourth-order valence-electron chi connectivity index (χ4n) is 3.11. The van der Waals surface area contributed by atoms with Crippen LogP contribution in [0.2, 0.25) is 0 Å². The van der Waals surface area contributed by atoms with E-state index in [0.717, 1.165) is 22.2 Å². The summed E-state index contributed by atoms with van der Waals surface area (Å²) in [6.45, 7) is 9.67. The molecule has 1 amide bonds. The highest BCUT2D eigenvalue weighted by molar-refractivity contribution is 7.89. The number of nitrogens with one attached hydrogen (secondary N) is 1. The van der Waals surface area contributed by atoms with Crippen molar-refractivity contribution in [3.8, 4) is 0 Å². The van der Waals surface area contributed by atoms with Gasteiger partial charge in [0.15, 0.2) is 6.10 Å². The van der Waals surface area contributed by atoms with Crippen molar-refractivity contribution >= 4 is 27.6 Å². The molecule has 0 spiro atoms. The zero-order chi connectivity index (χ0) is 22.8. The summed E-state index contributed by atoms with van der Waals surface area (Å²) in [7, 11) is -0.772. The van der Waals surface area contributed by atoms with Gasteiger partial charge in [0.05, 0.1) is 10.5 Å². The number of nitrogens with zero attached hydrogens (tertiary/aromatic N) is 2. The first-order valence-electron chi connectivity index (χ1n) is 9.61. The van der Waals surface area contributed by atoms with Gasteiger partial charge in [-0.25, -0.2) is 17.5 Å². The minimum absolute atomic E-state index is 0.0602. The van der Waals surface area contributed by atoms with Gasteiger partial charge in [0, 0.05) is 37.7 Å². The van der Waals surface area contributed by atoms with Crippen LogP contribution in [0.1, 0.15) is 41.2 Å². The number of aryl methyl sites for hydroxylation is 2. The maximum Gasteiger partial charge on any atom is 0.340 e. The van der Waals surface area contributed by atoms with E-state index in [2.05, 4.69) is 5.32 Å². The second kappa shape index (κ2) is 9.01. The van der Waals surface area contributed by atoms with Crippen molar-refractivity contribution in [2.24, 2.45) is 0 Å². The van der Waals surface area contributed by atoms with Crippen molar-refractivity contribution in [3.05, 3.63) is 46.8 Å². The lowest BCUT2D eigenvalue weighted by molar-refractivity contribution is -0.123. The smallest absolute Gasteiger partial charge is 0.340 e. The van der Waals surface area contributed by atoms with E-state index in [-0.39, 0.29) is 4.90 Å². The number of carbonyl (C=O) groups is 2. The molecule has 9 heteroatoms. The number of carbonyl (C=O) groups excluding carboxylic acids is 2. The van der Waals surface area contributed by atoms with Crippen LogP contribution in [0.25, 0.3) is 0 Å². The Bertz CT molecular complexity index is 1070. The molecule has 0 fully saturated rings. The van der Waals surface area contributed by atoms with Crippen LogP contribution in [-0.4, -0.2) is 49.4 Å². The van der Waals surface area contributed by atoms with Gasteiger partial charge in [-0.3, -0.25) is 4.79 Å². The second-order valence-electron chi connectivity index (χ2n) is 7.33. The van der Waals surface area contributed by atoms with E-state index in [4.69, 9.17) is 4.74 Å². The first-order chi connectivity index (χ1) is 13.9. The largest absolute Gasteiger partial charge is 0.449 e. The van der Waals surface area contributed by atoms with E-state index >= 15 is 0 Å². The van der Waals surface area contributed by atoms with Gasteiger partial charge in [-0.15, -0.1) is 0 Å². The Morgan fingerprint density at radius 2 is 1.80 bits per heavy atom. The van der Waals surface area contributed by atoms with Gasteiger partial charge >= 0.3 is 5.97 Å². The SMILES string of the molecule is CCn1c(C)cc(C(=O)OC(C)C(=O)Nc2cc(S(=O)(=O)N(C)C)ccc2C)c1C. The first kappa shape index (κ1) is 23.6. The molecule has 0 aliphatic heterocycles. The third kappa shape index (κ3) is 4.73. The predicted molar refractivity (Wildman–Crippen MR) is 115 cm³/mol. The van der Waals surface area contributed by atoms with Crippen molar-refractivity contribution < 1.29 is 22.7 Å². The molecule has 0 aliphatic carbocycles. The van der Waals surface area contributed by atoms with Crippen LogP contribution in [0.4, 0.5) is 5.69 Å². The van der Waals surface area contributed by atoms with Crippen LogP contribution < -0.4 is 5.32 Å². The molecule has 1 N–H and O–H groups in total. The van der Waals surface area contributed by atoms with Crippen LogP contribution in [0.5, 0.6) is 0 Å². The molecule has 1 unspecified atom stereocenters. The highest BCUT2D eigenvalue weighted by Gasteiger charge is 2.24. The topological polar surface area (TPSA) is 97.7 Å². The molecule has 0 bridgehead atoms. The van der Waals surface area contributed by atoms with Gasteiger partial charge in [-0.1, -0.05) is 6.07 Å². The van der Waals surface area contributed by atoms with Crippen LogP contribution in [0, 0.1) is 20.8 Å². The average molecular weight is 436 g/mol. The lowest BCUT2D eigenvalue weighted by Gasteiger charge is -2.17. The van der Waals surface area contributed by atoms with E-state index < -0.39 is 28.0 Å². The van der Waals surface area contributed by atoms with Gasteiger partial charge in [0.25, 0.3) is 5.91 Å². The Labute approximate surface area is 177 Å². The number of hydrogen-bond donors (Lipinski definition) is 1. The number of anilines is 1. The normalized spacial score (nSPS) is 12.7. The third-order valence-corrected chi connectivity index (χ3v) is 6.82. The summed E-state index contributed by atoms with van der Waals surface area (Å²) in [5, 5.41) is 2.66. The van der Waals surface area contributed by atoms with Gasteiger partial charge in [-0.05, 0) is 58.4 Å². The predicted octanol–water partition coefficient (Wildman–Crippen LogP) is 2.87. The molecule has 1 aromatic heterocycles. The maximum absolute atomic E-state index is 12.6. The number of benzene rings is 1. The van der Waals surface area contributed by atoms with Gasteiger partial charge in [0.1, 0.15) is 0 Å². The molecule has 164 valence electrons. The Hall–Kier alpha value is -2.65. The van der Waals surface area contributed by atoms with Gasteiger partial charge < -0.3 is 14.6 Å². The standard InChI is InChI=1S/C21H29N3O5S/c1-8-24-14(3)11-18(15(24)4)21(26)29-16(5)20(25)22-19-12-17(10-9-13(19)2)30(27,28)23(6)7/h9-12,16H,8H2,1-7H3,(H,22,25). The van der Waals surface area contributed by atoms with Crippen LogP contribution in [0.15, 0.2) is 29.2 Å². The molecular formula is C21H29N3O5S. The zero-order valence-corrected chi connectivity index (χ0v) is 19.3. The van der Waals surface area contributed by atoms with E-state index in [1.165, 1.54) is 33.2 Å². The fraction of sp³-hybridized carbons (Fsp3) is 0.429. The first-order valence-corrected chi connectivity index (χ1v) is 11.1. The van der Waals surface area contributed by atoms with Gasteiger partial charge in [0.2, 0.25) is 10.0 Å². The number of aromatic nitrogens is 1. The summed E-state index contributed by atoms with van der Waals surface area (Å²) < 4.78 is 33.1. The van der Waals surface area contributed by atoms with Crippen molar-refractivity contribution in [1.29, 1.82) is 0 Å². The number of rotatable bonds is 7. The lowest BCUT2D eigenvalue weighted by atomic mass is 10.2. The molecule has 1 atom stereocenters. The Kier molecular flexibility index (Phi) is 7.10. The summed E-state index contributed by atoms with van der Waals surface area (Å²) in [6, 6.07) is 6.23. The maximum atomic E-state index is 12.6. The molecule has 2 aromatic rings. The number of sulfonamides is 1. The Morgan fingerprint density at radius 3 is 2.33 bits per heavy atom. The third-order valence-electron chi connectivity index (χ3n) is 5.01. The fourth-order valence-corrected chi connectivity index (χ4v) is 4.04. The van der Waals surface area contributed by atoms with E-state index in [9.17, 15) is 18.0 Å². The van der Waals surface area contributed by atoms with Crippen molar-refractivity contribution in [2.45, 2.75) is 52.2 Å². The molecule has 0 radical (unpaired) electrons. The molecular weight excluding hydrogens is 406 g/mol. The molecule has 0 saturated heterocycles. The van der Waals surface area contributed by atoms with Crippen LogP contribution in [-0.2, 0) is 26.1 Å². The minimum atomic E-state index is -3.64. The number of esters is 1. The molecule has 30 heavy (non-hydrogen) atoms. The minimum Gasteiger partial charge on any atom is -0.449 e. The quantitative estimate of drug-likeness (QED) is 0.675. The highest BCUT2D eigenvalue weighted by atomic mass is 32.2. The van der Waals surface area contributed by atoms with Crippen LogP contribution in [0.3, 0.4) is 0 Å². The van der Waals surface area contributed by atoms with Crippen molar-refractivity contribution in [3.63, 3.8) is 0 Å². The molecule has 1 aromatic carbocycles. The Morgan fingerprint density at radius 1 is 1.17 bits per heavy atom. The Balaban J connectivity index is 2.17. The summed E-state index contributed by atoms with van der Waals surface area (Å²) in [5.74, 6) is -1.12. The average Bonchev–Trinajstić information content (AvgIpc) is 2.96. The van der Waals surface area contributed by atoms with Crippen molar-refractivity contribution in [1.82, 2.24) is 8.87 Å². The molecule has 0 aliphatic rings.